The molecule has 0 fully saturated rings. The number of fused-ring (bicyclic) bond motifs is 2. The second-order valence-corrected chi connectivity index (χ2v) is 10.7. The van der Waals surface area contributed by atoms with E-state index >= 15 is 0 Å². The molecule has 0 radical (unpaired) electrons. The lowest BCUT2D eigenvalue weighted by atomic mass is 10.0. The molecule has 0 aromatic heterocycles. The van der Waals surface area contributed by atoms with Crippen LogP contribution in [0.25, 0.3) is 21.5 Å². The molecule has 2 atom stereocenters. The molecule has 5 aromatic carbocycles. The van der Waals surface area contributed by atoms with Crippen LogP contribution in [0, 0.1) is 13.8 Å². The molecule has 0 heterocycles. The molecule has 0 aliphatic rings. The number of ether oxygens (including phenoxy) is 4. The van der Waals surface area contributed by atoms with Gasteiger partial charge in [-0.2, -0.15) is 0 Å². The van der Waals surface area contributed by atoms with Crippen molar-refractivity contribution in [3.05, 3.63) is 108 Å². The molecular weight excluding hydrogens is 556 g/mol. The van der Waals surface area contributed by atoms with Crippen molar-refractivity contribution in [3.63, 3.8) is 0 Å². The summed E-state index contributed by atoms with van der Waals surface area (Å²) in [6, 6.07) is 30.6. The summed E-state index contributed by atoms with van der Waals surface area (Å²) in [5, 5.41) is 8.98. The molecule has 0 saturated carbocycles. The van der Waals surface area contributed by atoms with Crippen LogP contribution < -0.4 is 20.1 Å². The second kappa shape index (κ2) is 13.8. The minimum absolute atomic E-state index is 0.149. The minimum Gasteiger partial charge on any atom is -0.488 e. The molecule has 2 unspecified atom stereocenters. The highest BCUT2D eigenvalue weighted by molar-refractivity contribution is 6.11. The molecule has 0 bridgehead atoms. The van der Waals surface area contributed by atoms with Gasteiger partial charge in [0.05, 0.1) is 0 Å². The number of anilines is 2. The number of hydrogen-bond donors (Lipinski definition) is 2. The number of hydrogen-bond acceptors (Lipinski definition) is 6. The Morgan fingerprint density at radius 1 is 0.545 bits per heavy atom. The third-order valence-corrected chi connectivity index (χ3v) is 7.14. The van der Waals surface area contributed by atoms with Crippen LogP contribution in [0.15, 0.2) is 97.1 Å². The van der Waals surface area contributed by atoms with Crippen LogP contribution in [0.1, 0.15) is 25.0 Å². The SMILES string of the molecule is Cc1ccccc1NC(=O)OC(C)COc1c2ccccc2c(OCC(C)OC(=O)Nc2ccccc2C)c2ccccc12. The third-order valence-electron chi connectivity index (χ3n) is 7.14. The van der Waals surface area contributed by atoms with Crippen molar-refractivity contribution in [2.24, 2.45) is 0 Å². The van der Waals surface area contributed by atoms with Crippen LogP contribution in [-0.2, 0) is 9.47 Å². The van der Waals surface area contributed by atoms with Gasteiger partial charge in [-0.25, -0.2) is 9.59 Å². The standard InChI is InChI=1S/C36H36N2O6/c1-23-13-5-11-19-31(23)37-35(39)43-25(3)21-41-33-27-15-7-9-17-29(27)34(30-18-10-8-16-28(30)33)42-22-26(4)44-36(40)38-32-20-12-6-14-24(32)2/h5-20,25-26H,21-22H2,1-4H3,(H,37,39)(H,38,40). The zero-order chi connectivity index (χ0) is 31.1. The predicted molar refractivity (Wildman–Crippen MR) is 174 cm³/mol. The van der Waals surface area contributed by atoms with E-state index in [1.54, 1.807) is 13.8 Å². The maximum Gasteiger partial charge on any atom is 0.412 e. The summed E-state index contributed by atoms with van der Waals surface area (Å²) in [4.78, 5) is 25.0. The van der Waals surface area contributed by atoms with E-state index in [1.165, 1.54) is 0 Å². The van der Waals surface area contributed by atoms with E-state index in [0.717, 1.165) is 32.7 Å². The van der Waals surface area contributed by atoms with Crippen LogP contribution in [0.3, 0.4) is 0 Å². The summed E-state index contributed by atoms with van der Waals surface area (Å²) in [6.45, 7) is 7.71. The lowest BCUT2D eigenvalue weighted by Crippen LogP contribution is -2.26. The molecule has 2 amide bonds. The fraction of sp³-hybridized carbons (Fsp3) is 0.222. The minimum atomic E-state index is -0.544. The van der Waals surface area contributed by atoms with Gasteiger partial charge in [0.1, 0.15) is 36.9 Å². The van der Waals surface area contributed by atoms with Gasteiger partial charge in [0, 0.05) is 32.9 Å². The van der Waals surface area contributed by atoms with Crippen LogP contribution in [0.2, 0.25) is 0 Å². The van der Waals surface area contributed by atoms with Gasteiger partial charge in [-0.3, -0.25) is 10.6 Å². The van der Waals surface area contributed by atoms with Crippen LogP contribution in [-0.4, -0.2) is 37.6 Å². The smallest absolute Gasteiger partial charge is 0.412 e. The maximum atomic E-state index is 12.5. The Morgan fingerprint density at radius 2 is 0.864 bits per heavy atom. The van der Waals surface area contributed by atoms with Crippen molar-refractivity contribution < 1.29 is 28.5 Å². The molecule has 5 aromatic rings. The highest BCUT2D eigenvalue weighted by Gasteiger charge is 2.19. The van der Waals surface area contributed by atoms with E-state index < -0.39 is 24.4 Å². The number of benzene rings is 5. The van der Waals surface area contributed by atoms with Crippen molar-refractivity contribution in [3.8, 4) is 11.5 Å². The highest BCUT2D eigenvalue weighted by atomic mass is 16.6. The number of amides is 2. The van der Waals surface area contributed by atoms with Crippen LogP contribution in [0.4, 0.5) is 21.0 Å². The Labute approximate surface area is 256 Å². The van der Waals surface area contributed by atoms with Gasteiger partial charge in [0.15, 0.2) is 0 Å². The zero-order valence-electron chi connectivity index (χ0n) is 25.3. The first-order valence-corrected chi connectivity index (χ1v) is 14.6. The van der Waals surface area contributed by atoms with E-state index in [0.29, 0.717) is 22.9 Å². The molecule has 5 rings (SSSR count). The van der Waals surface area contributed by atoms with Crippen molar-refractivity contribution >= 4 is 45.1 Å². The number of para-hydroxylation sites is 2. The molecule has 0 aliphatic heterocycles. The Kier molecular flexibility index (Phi) is 9.49. The largest absolute Gasteiger partial charge is 0.488 e. The van der Waals surface area contributed by atoms with Crippen molar-refractivity contribution in [1.82, 2.24) is 0 Å². The van der Waals surface area contributed by atoms with Gasteiger partial charge < -0.3 is 18.9 Å². The lowest BCUT2D eigenvalue weighted by Gasteiger charge is -2.21. The van der Waals surface area contributed by atoms with Gasteiger partial charge >= 0.3 is 12.2 Å². The van der Waals surface area contributed by atoms with Gasteiger partial charge in [-0.05, 0) is 51.0 Å². The third kappa shape index (κ3) is 7.21. The first-order valence-electron chi connectivity index (χ1n) is 14.6. The fourth-order valence-electron chi connectivity index (χ4n) is 4.90. The van der Waals surface area contributed by atoms with Gasteiger partial charge in [0.2, 0.25) is 0 Å². The molecule has 0 spiro atoms. The summed E-state index contributed by atoms with van der Waals surface area (Å²) in [7, 11) is 0. The summed E-state index contributed by atoms with van der Waals surface area (Å²) >= 11 is 0. The summed E-state index contributed by atoms with van der Waals surface area (Å²) in [6.07, 6.45) is -2.12. The number of rotatable bonds is 10. The topological polar surface area (TPSA) is 95.1 Å². The van der Waals surface area contributed by atoms with Gasteiger partial charge in [-0.1, -0.05) is 84.9 Å². The first-order chi connectivity index (χ1) is 21.3. The van der Waals surface area contributed by atoms with Crippen molar-refractivity contribution in [2.75, 3.05) is 23.8 Å². The number of aryl methyl sites for hydroxylation is 2. The fourth-order valence-corrected chi connectivity index (χ4v) is 4.90. The first kappa shape index (κ1) is 30.2. The normalized spacial score (nSPS) is 12.3. The number of carbonyl (C=O) groups excluding carboxylic acids is 2. The van der Waals surface area contributed by atoms with E-state index in [9.17, 15) is 9.59 Å². The monoisotopic (exact) mass is 592 g/mol. The van der Waals surface area contributed by atoms with Gasteiger partial charge in [-0.15, -0.1) is 0 Å². The molecular formula is C36H36N2O6. The predicted octanol–water partition coefficient (Wildman–Crippen LogP) is 8.64. The van der Waals surface area contributed by atoms with E-state index in [4.69, 9.17) is 18.9 Å². The highest BCUT2D eigenvalue weighted by Crippen LogP contribution is 2.42. The molecule has 0 saturated heterocycles. The lowest BCUT2D eigenvalue weighted by molar-refractivity contribution is 0.0854. The quantitative estimate of drug-likeness (QED) is 0.158. The molecule has 44 heavy (non-hydrogen) atoms. The zero-order valence-corrected chi connectivity index (χ0v) is 25.3. The van der Waals surface area contributed by atoms with Crippen LogP contribution in [0.5, 0.6) is 11.5 Å². The Morgan fingerprint density at radius 3 is 1.20 bits per heavy atom. The van der Waals surface area contributed by atoms with Crippen LogP contribution >= 0.6 is 0 Å². The molecule has 0 aliphatic carbocycles. The Hall–Kier alpha value is -5.24. The maximum absolute atomic E-state index is 12.5. The number of carbonyl (C=O) groups is 2. The summed E-state index contributed by atoms with van der Waals surface area (Å²) in [5.41, 5.74) is 3.29. The average Bonchev–Trinajstić information content (AvgIpc) is 3.01. The molecule has 8 nitrogen and oxygen atoms in total. The van der Waals surface area contributed by atoms with E-state index in [-0.39, 0.29) is 13.2 Å². The molecule has 2 N–H and O–H groups in total. The second-order valence-electron chi connectivity index (χ2n) is 10.7. The molecule has 226 valence electrons. The Bertz CT molecular complexity index is 1600. The van der Waals surface area contributed by atoms with Crippen molar-refractivity contribution in [2.45, 2.75) is 39.9 Å². The number of nitrogens with one attached hydrogen (secondary N) is 2. The summed E-state index contributed by atoms with van der Waals surface area (Å²) < 4.78 is 23.8. The summed E-state index contributed by atoms with van der Waals surface area (Å²) in [5.74, 6) is 1.33. The molecule has 8 heteroatoms. The average molecular weight is 593 g/mol. The van der Waals surface area contributed by atoms with E-state index in [1.807, 2.05) is 111 Å². The van der Waals surface area contributed by atoms with Gasteiger partial charge in [0.25, 0.3) is 0 Å². The van der Waals surface area contributed by atoms with Crippen molar-refractivity contribution in [1.29, 1.82) is 0 Å². The van der Waals surface area contributed by atoms with E-state index in [2.05, 4.69) is 10.6 Å². The Balaban J connectivity index is 1.29.